The Labute approximate surface area is 85.9 Å². The molecule has 0 aliphatic heterocycles. The number of hydrogen-bond donors (Lipinski definition) is 1. The molecule has 1 heterocycles. The Balaban J connectivity index is 2.06. The van der Waals surface area contributed by atoms with E-state index in [1.165, 1.54) is 10.9 Å². The highest BCUT2D eigenvalue weighted by Crippen LogP contribution is 2.28. The van der Waals surface area contributed by atoms with Gasteiger partial charge in [-0.2, -0.15) is 0 Å². The third-order valence-electron chi connectivity index (χ3n) is 2.73. The molecule has 0 saturated heterocycles. The first-order chi connectivity index (χ1) is 7.16. The third kappa shape index (κ3) is 2.12. The van der Waals surface area contributed by atoms with Crippen LogP contribution in [0.3, 0.4) is 0 Å². The van der Waals surface area contributed by atoms with E-state index in [0.29, 0.717) is 0 Å². The molecular weight excluding hydrogens is 200 g/mol. The molecule has 1 aromatic heterocycles. The smallest absolute Gasteiger partial charge is 0.393 e. The Bertz CT molecular complexity index is 357. The van der Waals surface area contributed by atoms with Crippen LogP contribution >= 0.6 is 0 Å². The van der Waals surface area contributed by atoms with E-state index >= 15 is 0 Å². The Kier molecular flexibility index (Phi) is 2.63. The van der Waals surface area contributed by atoms with Crippen LogP contribution in [0.2, 0.25) is 0 Å². The fraction of sp³-hybridized carbons (Fsp3) is 0.750. The number of hydrogen-bond acceptors (Lipinski definition) is 5. The summed E-state index contributed by atoms with van der Waals surface area (Å²) in [6.45, 7) is 0. The van der Waals surface area contributed by atoms with Crippen molar-refractivity contribution in [3.63, 3.8) is 0 Å². The van der Waals surface area contributed by atoms with Crippen LogP contribution in [0.4, 0.5) is 5.82 Å². The van der Waals surface area contributed by atoms with E-state index in [1.807, 2.05) is 0 Å². The fourth-order valence-electron chi connectivity index (χ4n) is 1.85. The molecule has 7 nitrogen and oxygen atoms in total. The molecule has 2 rings (SSSR count). The van der Waals surface area contributed by atoms with Gasteiger partial charge in [0.05, 0.1) is 17.4 Å². The second-order valence-corrected chi connectivity index (χ2v) is 3.78. The van der Waals surface area contributed by atoms with Gasteiger partial charge in [0.2, 0.25) is 0 Å². The molecule has 0 bridgehead atoms. The SMILES string of the molecule is O=[N+]([O-])c1cn(C2CCC(O)CC2)nn1. The molecule has 0 radical (unpaired) electrons. The summed E-state index contributed by atoms with van der Waals surface area (Å²) in [5.74, 6) is -0.221. The van der Waals surface area contributed by atoms with Gasteiger partial charge in [-0.05, 0) is 30.6 Å². The first kappa shape index (κ1) is 10.0. The van der Waals surface area contributed by atoms with Crippen LogP contribution in [0, 0.1) is 10.1 Å². The quantitative estimate of drug-likeness (QED) is 0.574. The second kappa shape index (κ2) is 3.93. The molecule has 1 aromatic rings. The van der Waals surface area contributed by atoms with Crippen molar-refractivity contribution in [2.45, 2.75) is 37.8 Å². The summed E-state index contributed by atoms with van der Waals surface area (Å²) in [6, 6.07) is 0.134. The standard InChI is InChI=1S/C8H12N4O3/c13-7-3-1-6(2-4-7)11-5-8(9-10-11)12(14)15/h5-7,13H,1-4H2. The van der Waals surface area contributed by atoms with Crippen molar-refractivity contribution >= 4 is 5.82 Å². The van der Waals surface area contributed by atoms with Crippen LogP contribution in [-0.2, 0) is 0 Å². The van der Waals surface area contributed by atoms with Crippen molar-refractivity contribution in [2.75, 3.05) is 0 Å². The highest BCUT2D eigenvalue weighted by atomic mass is 16.6. The number of nitrogens with zero attached hydrogens (tertiary/aromatic N) is 4. The molecule has 82 valence electrons. The lowest BCUT2D eigenvalue weighted by atomic mass is 9.93. The van der Waals surface area contributed by atoms with Crippen LogP contribution < -0.4 is 0 Å². The van der Waals surface area contributed by atoms with Crippen LogP contribution in [0.15, 0.2) is 6.20 Å². The Morgan fingerprint density at radius 3 is 2.67 bits per heavy atom. The Morgan fingerprint density at radius 1 is 1.47 bits per heavy atom. The van der Waals surface area contributed by atoms with Crippen LogP contribution in [0.25, 0.3) is 0 Å². The average Bonchev–Trinajstić information content (AvgIpc) is 2.68. The Hall–Kier alpha value is -1.50. The first-order valence-corrected chi connectivity index (χ1v) is 4.91. The zero-order valence-electron chi connectivity index (χ0n) is 8.11. The summed E-state index contributed by atoms with van der Waals surface area (Å²) in [6.07, 6.45) is 4.14. The maximum absolute atomic E-state index is 10.4. The summed E-state index contributed by atoms with van der Waals surface area (Å²) in [5, 5.41) is 26.9. The average molecular weight is 212 g/mol. The van der Waals surface area contributed by atoms with E-state index < -0.39 is 4.92 Å². The maximum atomic E-state index is 10.4. The van der Waals surface area contributed by atoms with Crippen molar-refractivity contribution < 1.29 is 10.0 Å². The molecule has 0 spiro atoms. The van der Waals surface area contributed by atoms with Crippen molar-refractivity contribution in [3.8, 4) is 0 Å². The topological polar surface area (TPSA) is 94.1 Å². The molecule has 0 amide bonds. The maximum Gasteiger partial charge on any atom is 0.410 e. The highest BCUT2D eigenvalue weighted by molar-refractivity contribution is 5.09. The molecule has 1 fully saturated rings. The molecule has 0 aromatic carbocycles. The molecule has 15 heavy (non-hydrogen) atoms. The van der Waals surface area contributed by atoms with Gasteiger partial charge in [0.1, 0.15) is 11.3 Å². The summed E-state index contributed by atoms with van der Waals surface area (Å²) in [4.78, 5) is 9.84. The van der Waals surface area contributed by atoms with Gasteiger partial charge in [0.25, 0.3) is 0 Å². The molecule has 1 aliphatic rings. The zero-order valence-corrected chi connectivity index (χ0v) is 8.11. The lowest BCUT2D eigenvalue weighted by Crippen LogP contribution is -2.21. The molecule has 0 atom stereocenters. The van der Waals surface area contributed by atoms with E-state index in [4.69, 9.17) is 0 Å². The minimum absolute atomic E-state index is 0.134. The number of nitro groups is 1. The van der Waals surface area contributed by atoms with Crippen molar-refractivity contribution in [1.82, 2.24) is 15.0 Å². The van der Waals surface area contributed by atoms with E-state index in [9.17, 15) is 15.2 Å². The third-order valence-corrected chi connectivity index (χ3v) is 2.73. The zero-order chi connectivity index (χ0) is 10.8. The van der Waals surface area contributed by atoms with Gasteiger partial charge in [0.15, 0.2) is 0 Å². The van der Waals surface area contributed by atoms with Gasteiger partial charge >= 0.3 is 5.82 Å². The molecule has 7 heteroatoms. The molecule has 1 saturated carbocycles. The number of rotatable bonds is 2. The van der Waals surface area contributed by atoms with Crippen LogP contribution in [0.5, 0.6) is 0 Å². The summed E-state index contributed by atoms with van der Waals surface area (Å²) < 4.78 is 1.53. The van der Waals surface area contributed by atoms with E-state index in [2.05, 4.69) is 10.3 Å². The first-order valence-electron chi connectivity index (χ1n) is 4.91. The van der Waals surface area contributed by atoms with Crippen molar-refractivity contribution in [2.24, 2.45) is 0 Å². The van der Waals surface area contributed by atoms with E-state index in [1.54, 1.807) is 0 Å². The van der Waals surface area contributed by atoms with Crippen LogP contribution in [0.1, 0.15) is 31.7 Å². The minimum Gasteiger partial charge on any atom is -0.393 e. The minimum atomic E-state index is -0.554. The van der Waals surface area contributed by atoms with Crippen molar-refractivity contribution in [1.29, 1.82) is 0 Å². The second-order valence-electron chi connectivity index (χ2n) is 3.78. The predicted octanol–water partition coefficient (Wildman–Crippen LogP) is 0.662. The van der Waals surface area contributed by atoms with Crippen molar-refractivity contribution in [3.05, 3.63) is 16.3 Å². The van der Waals surface area contributed by atoms with Crippen LogP contribution in [-0.4, -0.2) is 31.1 Å². The summed E-state index contributed by atoms with van der Waals surface area (Å²) in [7, 11) is 0. The lowest BCUT2D eigenvalue weighted by molar-refractivity contribution is -0.389. The van der Waals surface area contributed by atoms with Gasteiger partial charge in [-0.1, -0.05) is 0 Å². The van der Waals surface area contributed by atoms with E-state index in [0.717, 1.165) is 25.7 Å². The van der Waals surface area contributed by atoms with Gasteiger partial charge in [-0.15, -0.1) is 0 Å². The van der Waals surface area contributed by atoms with E-state index in [-0.39, 0.29) is 18.0 Å². The lowest BCUT2D eigenvalue weighted by Gasteiger charge is -2.24. The summed E-state index contributed by atoms with van der Waals surface area (Å²) in [5.41, 5.74) is 0. The molecule has 1 aliphatic carbocycles. The van der Waals surface area contributed by atoms with Gasteiger partial charge < -0.3 is 15.2 Å². The number of aliphatic hydroxyl groups is 1. The molecule has 0 unspecified atom stereocenters. The number of aliphatic hydroxyl groups excluding tert-OH is 1. The highest BCUT2D eigenvalue weighted by Gasteiger charge is 2.24. The number of aromatic nitrogens is 3. The monoisotopic (exact) mass is 212 g/mol. The molecular formula is C8H12N4O3. The van der Waals surface area contributed by atoms with Gasteiger partial charge in [-0.3, -0.25) is 0 Å². The fourth-order valence-corrected chi connectivity index (χ4v) is 1.85. The summed E-state index contributed by atoms with van der Waals surface area (Å²) >= 11 is 0. The molecule has 1 N–H and O–H groups in total. The largest absolute Gasteiger partial charge is 0.410 e. The van der Waals surface area contributed by atoms with Gasteiger partial charge in [0, 0.05) is 0 Å². The Morgan fingerprint density at radius 2 is 2.13 bits per heavy atom. The predicted molar refractivity (Wildman–Crippen MR) is 50.2 cm³/mol. The van der Waals surface area contributed by atoms with Gasteiger partial charge in [-0.25, -0.2) is 4.68 Å². The normalized spacial score (nSPS) is 26.5.